The zero-order chi connectivity index (χ0) is 23.8. The molecule has 2 atom stereocenters. The van der Waals surface area contributed by atoms with Gasteiger partial charge in [0.15, 0.2) is 6.61 Å². The first-order valence-electron chi connectivity index (χ1n) is 11.3. The molecule has 1 heterocycles. The maximum atomic E-state index is 12.5. The lowest BCUT2D eigenvalue weighted by Gasteiger charge is -2.21. The van der Waals surface area contributed by atoms with E-state index >= 15 is 0 Å². The van der Waals surface area contributed by atoms with Gasteiger partial charge in [-0.15, -0.1) is 0 Å². The highest BCUT2D eigenvalue weighted by molar-refractivity contribution is 7.92. The number of esters is 1. The molecule has 0 bridgehead atoms. The molecule has 1 aliphatic heterocycles. The Hall–Kier alpha value is -2.87. The average molecular weight is 471 g/mol. The topological polar surface area (TPSA) is 92.8 Å². The molecule has 1 aliphatic carbocycles. The van der Waals surface area contributed by atoms with Gasteiger partial charge in [-0.2, -0.15) is 0 Å². The second-order valence-corrected chi connectivity index (χ2v) is 10.9. The maximum absolute atomic E-state index is 12.5. The summed E-state index contributed by atoms with van der Waals surface area (Å²) < 4.78 is 30.7. The fourth-order valence-corrected chi connectivity index (χ4v) is 6.10. The van der Waals surface area contributed by atoms with E-state index in [1.54, 1.807) is 12.1 Å². The predicted octanol–water partition coefficient (Wildman–Crippen LogP) is 3.31. The van der Waals surface area contributed by atoms with Gasteiger partial charge in [0.2, 0.25) is 10.0 Å². The molecule has 0 aromatic heterocycles. The quantitative estimate of drug-likeness (QED) is 0.654. The fraction of sp³-hybridized carbons (Fsp3) is 0.440. The van der Waals surface area contributed by atoms with Crippen molar-refractivity contribution in [3.63, 3.8) is 0 Å². The normalized spacial score (nSPS) is 18.3. The van der Waals surface area contributed by atoms with Crippen LogP contribution in [0.1, 0.15) is 65.3 Å². The molecule has 8 heteroatoms. The minimum atomic E-state index is -3.40. The van der Waals surface area contributed by atoms with Crippen molar-refractivity contribution in [3.05, 3.63) is 64.2 Å². The summed E-state index contributed by atoms with van der Waals surface area (Å²) in [6, 6.07) is 10.8. The number of aryl methyl sites for hydroxylation is 2. The van der Waals surface area contributed by atoms with Gasteiger partial charge in [-0.05, 0) is 86.4 Å². The summed E-state index contributed by atoms with van der Waals surface area (Å²) in [5.74, 6) is -0.980. The standard InChI is InChI=1S/C25H30N2O5S/c1-16-12-22-14-21(10-11-23(22)27(16)33(3,30)31)25(29)32-15-24(28)26-17(2)19-9-8-18-6-4-5-7-20(18)13-19/h8-11,13-14,16-17H,4-7,12,15H2,1-3H3,(H,26,28). The lowest BCUT2D eigenvalue weighted by atomic mass is 9.89. The van der Waals surface area contributed by atoms with E-state index in [1.165, 1.54) is 40.6 Å². The van der Waals surface area contributed by atoms with E-state index in [-0.39, 0.29) is 24.6 Å². The van der Waals surface area contributed by atoms with Gasteiger partial charge < -0.3 is 10.1 Å². The van der Waals surface area contributed by atoms with Crippen LogP contribution >= 0.6 is 0 Å². The first-order valence-corrected chi connectivity index (χ1v) is 13.2. The number of rotatable bonds is 6. The van der Waals surface area contributed by atoms with Crippen LogP contribution in [0.5, 0.6) is 0 Å². The number of nitrogens with one attached hydrogen (secondary N) is 1. The third-order valence-corrected chi connectivity index (χ3v) is 7.68. The summed E-state index contributed by atoms with van der Waals surface area (Å²) in [5.41, 5.74) is 5.43. The summed E-state index contributed by atoms with van der Waals surface area (Å²) in [6.07, 6.45) is 6.29. The number of amides is 1. The molecule has 4 rings (SSSR count). The Labute approximate surface area is 195 Å². The van der Waals surface area contributed by atoms with Crippen LogP contribution in [-0.4, -0.2) is 39.2 Å². The molecule has 0 saturated carbocycles. The summed E-state index contributed by atoms with van der Waals surface area (Å²) in [4.78, 5) is 24.9. The van der Waals surface area contributed by atoms with Crippen LogP contribution in [0.3, 0.4) is 0 Å². The second kappa shape index (κ2) is 9.17. The number of hydrogen-bond acceptors (Lipinski definition) is 5. The van der Waals surface area contributed by atoms with Crippen LogP contribution in [0, 0.1) is 0 Å². The van der Waals surface area contributed by atoms with Crippen LogP contribution in [0.25, 0.3) is 0 Å². The number of benzene rings is 2. The van der Waals surface area contributed by atoms with Gasteiger partial charge in [0.05, 0.1) is 23.5 Å². The molecule has 7 nitrogen and oxygen atoms in total. The smallest absolute Gasteiger partial charge is 0.338 e. The van der Waals surface area contributed by atoms with Gasteiger partial charge in [-0.1, -0.05) is 18.2 Å². The molecule has 0 spiro atoms. The highest BCUT2D eigenvalue weighted by atomic mass is 32.2. The van der Waals surface area contributed by atoms with E-state index in [2.05, 4.69) is 17.4 Å². The van der Waals surface area contributed by atoms with E-state index in [0.717, 1.165) is 24.0 Å². The second-order valence-electron chi connectivity index (χ2n) is 9.06. The summed E-state index contributed by atoms with van der Waals surface area (Å²) in [6.45, 7) is 3.36. The SMILES string of the molecule is CC(NC(=O)COC(=O)c1ccc2c(c1)CC(C)N2S(C)(=O)=O)c1ccc2c(c1)CCCC2. The zero-order valence-electron chi connectivity index (χ0n) is 19.3. The molecule has 2 aromatic carbocycles. The lowest BCUT2D eigenvalue weighted by Crippen LogP contribution is -2.34. The summed E-state index contributed by atoms with van der Waals surface area (Å²) in [5, 5.41) is 2.89. The predicted molar refractivity (Wildman–Crippen MR) is 127 cm³/mol. The summed E-state index contributed by atoms with van der Waals surface area (Å²) in [7, 11) is -3.40. The number of fused-ring (bicyclic) bond motifs is 2. The first kappa shape index (κ1) is 23.3. The van der Waals surface area contributed by atoms with Crippen molar-refractivity contribution in [2.75, 3.05) is 17.2 Å². The van der Waals surface area contributed by atoms with Gasteiger partial charge in [0, 0.05) is 6.04 Å². The fourth-order valence-electron chi connectivity index (χ4n) is 4.84. The monoisotopic (exact) mass is 470 g/mol. The number of anilines is 1. The largest absolute Gasteiger partial charge is 0.452 e. The molecule has 0 fully saturated rings. The Balaban J connectivity index is 1.34. The number of carbonyl (C=O) groups is 2. The van der Waals surface area contributed by atoms with Crippen LogP contribution in [-0.2, 0) is 38.8 Å². The molecule has 2 unspecified atom stereocenters. The van der Waals surface area contributed by atoms with Crippen molar-refractivity contribution < 1.29 is 22.7 Å². The minimum Gasteiger partial charge on any atom is -0.452 e. The molecule has 1 amide bonds. The van der Waals surface area contributed by atoms with Crippen molar-refractivity contribution >= 4 is 27.6 Å². The molecule has 1 N–H and O–H groups in total. The van der Waals surface area contributed by atoms with Crippen molar-refractivity contribution in [1.82, 2.24) is 5.32 Å². The molecular formula is C25H30N2O5S. The number of sulfonamides is 1. The lowest BCUT2D eigenvalue weighted by molar-refractivity contribution is -0.124. The molecule has 33 heavy (non-hydrogen) atoms. The number of nitrogens with zero attached hydrogens (tertiary/aromatic N) is 1. The number of ether oxygens (including phenoxy) is 1. The van der Waals surface area contributed by atoms with Crippen molar-refractivity contribution in [3.8, 4) is 0 Å². The van der Waals surface area contributed by atoms with Crippen molar-refractivity contribution in [2.24, 2.45) is 0 Å². The molecular weight excluding hydrogens is 440 g/mol. The van der Waals surface area contributed by atoms with Crippen LogP contribution in [0.15, 0.2) is 36.4 Å². The van der Waals surface area contributed by atoms with Gasteiger partial charge >= 0.3 is 5.97 Å². The van der Waals surface area contributed by atoms with E-state index in [0.29, 0.717) is 17.7 Å². The van der Waals surface area contributed by atoms with Crippen molar-refractivity contribution in [2.45, 2.75) is 58.0 Å². The first-order chi connectivity index (χ1) is 15.6. The van der Waals surface area contributed by atoms with Crippen LogP contribution < -0.4 is 9.62 Å². The number of carbonyl (C=O) groups excluding carboxylic acids is 2. The van der Waals surface area contributed by atoms with Crippen molar-refractivity contribution in [1.29, 1.82) is 0 Å². The van der Waals surface area contributed by atoms with Crippen LogP contribution in [0.4, 0.5) is 5.69 Å². The van der Waals surface area contributed by atoms with Crippen LogP contribution in [0.2, 0.25) is 0 Å². The van der Waals surface area contributed by atoms with Gasteiger partial charge in [-0.25, -0.2) is 13.2 Å². The van der Waals surface area contributed by atoms with E-state index < -0.39 is 16.0 Å². The summed E-state index contributed by atoms with van der Waals surface area (Å²) >= 11 is 0. The average Bonchev–Trinajstić information content (AvgIpc) is 3.12. The Morgan fingerprint density at radius 1 is 1.09 bits per heavy atom. The Morgan fingerprint density at radius 3 is 2.55 bits per heavy atom. The highest BCUT2D eigenvalue weighted by Gasteiger charge is 2.33. The minimum absolute atomic E-state index is 0.188. The van der Waals surface area contributed by atoms with E-state index in [4.69, 9.17) is 4.74 Å². The highest BCUT2D eigenvalue weighted by Crippen LogP contribution is 2.34. The zero-order valence-corrected chi connectivity index (χ0v) is 20.1. The molecule has 0 saturated heterocycles. The molecule has 2 aromatic rings. The van der Waals surface area contributed by atoms with Gasteiger partial charge in [0.1, 0.15) is 0 Å². The third kappa shape index (κ3) is 5.05. The van der Waals surface area contributed by atoms with Gasteiger partial charge in [0.25, 0.3) is 5.91 Å². The van der Waals surface area contributed by atoms with E-state index in [9.17, 15) is 18.0 Å². The maximum Gasteiger partial charge on any atom is 0.338 e. The molecule has 0 radical (unpaired) electrons. The molecule has 176 valence electrons. The van der Waals surface area contributed by atoms with Gasteiger partial charge in [-0.3, -0.25) is 9.10 Å². The Morgan fingerprint density at radius 2 is 1.82 bits per heavy atom. The van der Waals surface area contributed by atoms with E-state index in [1.807, 2.05) is 19.9 Å². The number of hydrogen-bond donors (Lipinski definition) is 1. The third-order valence-electron chi connectivity index (χ3n) is 6.41. The Kier molecular flexibility index (Phi) is 6.47. The Bertz CT molecular complexity index is 1190. The molecule has 2 aliphatic rings.